The van der Waals surface area contributed by atoms with Crippen molar-refractivity contribution in [2.24, 2.45) is 0 Å². The number of amides is 1. The molecule has 4 heteroatoms. The first-order chi connectivity index (χ1) is 14.8. The van der Waals surface area contributed by atoms with E-state index in [-0.39, 0.29) is 11.7 Å². The van der Waals surface area contributed by atoms with E-state index in [4.69, 9.17) is 0 Å². The zero-order chi connectivity index (χ0) is 24.0. The fourth-order valence-electron chi connectivity index (χ4n) is 3.00. The highest BCUT2D eigenvalue weighted by atomic mass is 16.2. The molecule has 0 fully saturated rings. The van der Waals surface area contributed by atoms with E-state index in [0.29, 0.717) is 0 Å². The van der Waals surface area contributed by atoms with Gasteiger partial charge in [0.2, 0.25) is 5.91 Å². The molecule has 170 valence electrons. The molecule has 0 saturated carbocycles. The fraction of sp³-hybridized carbons (Fsp3) is 0.407. The van der Waals surface area contributed by atoms with Crippen LogP contribution in [0, 0.1) is 0 Å². The molecular weight excluding hydrogens is 384 g/mol. The number of rotatable bonds is 3. The average Bonchev–Trinajstić information content (AvgIpc) is 2.81. The molecule has 2 aromatic rings. The summed E-state index contributed by atoms with van der Waals surface area (Å²) >= 11 is 0. The van der Waals surface area contributed by atoms with Gasteiger partial charge in [-0.3, -0.25) is 9.59 Å². The third-order valence-corrected chi connectivity index (χ3v) is 4.63. The summed E-state index contributed by atoms with van der Waals surface area (Å²) in [5, 5.41) is 2.83. The zero-order valence-electron chi connectivity index (χ0n) is 20.6. The smallest absolute Gasteiger partial charge is 0.223 e. The van der Waals surface area contributed by atoms with Crippen LogP contribution in [-0.2, 0) is 11.2 Å². The fourth-order valence-corrected chi connectivity index (χ4v) is 3.00. The van der Waals surface area contributed by atoms with E-state index in [1.165, 1.54) is 5.56 Å². The number of Topliss-reactive ketones (excluding diaryl/α,β-unsaturated/α-hetero) is 1. The lowest BCUT2D eigenvalue weighted by Crippen LogP contribution is -2.33. The number of anilines is 1. The van der Waals surface area contributed by atoms with E-state index >= 15 is 0 Å². The van der Waals surface area contributed by atoms with Crippen molar-refractivity contribution in [1.29, 1.82) is 0 Å². The molecule has 1 N–H and O–H groups in total. The molecule has 0 unspecified atom stereocenters. The number of hydrogen-bond donors (Lipinski definition) is 1. The molecule has 31 heavy (non-hydrogen) atoms. The van der Waals surface area contributed by atoms with E-state index in [9.17, 15) is 9.59 Å². The summed E-state index contributed by atoms with van der Waals surface area (Å²) < 4.78 is 0. The summed E-state index contributed by atoms with van der Waals surface area (Å²) in [4.78, 5) is 24.9. The number of nitrogens with one attached hydrogen (secondary N) is 1. The van der Waals surface area contributed by atoms with Crippen molar-refractivity contribution < 1.29 is 9.59 Å². The van der Waals surface area contributed by atoms with Gasteiger partial charge in [-0.1, -0.05) is 64.6 Å². The van der Waals surface area contributed by atoms with Gasteiger partial charge < -0.3 is 10.2 Å². The van der Waals surface area contributed by atoms with Crippen molar-refractivity contribution in [2.75, 3.05) is 18.5 Å². The largest absolute Gasteiger partial charge is 0.392 e. The van der Waals surface area contributed by atoms with Crippen molar-refractivity contribution in [1.82, 2.24) is 5.32 Å². The number of aryl methyl sites for hydroxylation is 1. The second-order valence-corrected chi connectivity index (χ2v) is 6.78. The van der Waals surface area contributed by atoms with E-state index in [1.807, 2.05) is 83.0 Å². The topological polar surface area (TPSA) is 49.4 Å². The number of allylic oxidation sites excluding steroid dienone is 1. The standard InChI is InChI=1S/C19H19NO2.C4H9N.2C2H6/c1-13(21)15-5-7-16(8-6-15)17-9-10-19-18(12-17)4-3-11-20(19)14(2)22;1-4(2)5-3;2*1-2/h5-10,12H,3-4,11H2,1-2H3;5H,1H2,2-3H3;2*1-2H3. The van der Waals surface area contributed by atoms with Gasteiger partial charge in [0.25, 0.3) is 0 Å². The molecule has 0 radical (unpaired) electrons. The van der Waals surface area contributed by atoms with Crippen molar-refractivity contribution in [3.05, 3.63) is 65.9 Å². The number of carbonyl (C=O) groups excluding carboxylic acids is 2. The summed E-state index contributed by atoms with van der Waals surface area (Å²) in [5.74, 6) is 0.175. The lowest BCUT2D eigenvalue weighted by molar-refractivity contribution is -0.116. The van der Waals surface area contributed by atoms with E-state index < -0.39 is 0 Å². The Morgan fingerprint density at radius 1 is 0.903 bits per heavy atom. The lowest BCUT2D eigenvalue weighted by atomic mass is 9.95. The molecule has 0 atom stereocenters. The number of nitrogens with zero attached hydrogens (tertiary/aromatic N) is 1. The molecule has 2 aromatic carbocycles. The maximum atomic E-state index is 11.7. The summed E-state index contributed by atoms with van der Waals surface area (Å²) in [7, 11) is 1.85. The maximum absolute atomic E-state index is 11.7. The molecule has 3 rings (SSSR count). The number of ketones is 1. The number of hydrogen-bond acceptors (Lipinski definition) is 3. The Bertz CT molecular complexity index is 839. The third kappa shape index (κ3) is 8.79. The molecule has 1 amide bonds. The Morgan fingerprint density at radius 3 is 1.87 bits per heavy atom. The molecule has 0 aliphatic carbocycles. The van der Waals surface area contributed by atoms with Crippen LogP contribution in [0.2, 0.25) is 0 Å². The minimum Gasteiger partial charge on any atom is -0.392 e. The van der Waals surface area contributed by atoms with Gasteiger partial charge in [0.15, 0.2) is 5.78 Å². The quantitative estimate of drug-likeness (QED) is 0.561. The van der Waals surface area contributed by atoms with Crippen LogP contribution in [-0.4, -0.2) is 25.3 Å². The Morgan fingerprint density at radius 2 is 1.42 bits per heavy atom. The van der Waals surface area contributed by atoms with Gasteiger partial charge in [-0.25, -0.2) is 0 Å². The second-order valence-electron chi connectivity index (χ2n) is 6.78. The van der Waals surface area contributed by atoms with E-state index in [1.54, 1.807) is 13.8 Å². The van der Waals surface area contributed by atoms with Crippen LogP contribution in [0.15, 0.2) is 54.7 Å². The van der Waals surface area contributed by atoms with Crippen LogP contribution in [0.1, 0.15) is 70.8 Å². The van der Waals surface area contributed by atoms with E-state index in [0.717, 1.165) is 47.5 Å². The highest BCUT2D eigenvalue weighted by molar-refractivity contribution is 5.95. The Labute approximate surface area is 189 Å². The molecule has 1 aliphatic rings. The van der Waals surface area contributed by atoms with Gasteiger partial charge in [-0.05, 0) is 61.2 Å². The lowest BCUT2D eigenvalue weighted by Gasteiger charge is -2.29. The van der Waals surface area contributed by atoms with Crippen LogP contribution in [0.25, 0.3) is 11.1 Å². The van der Waals surface area contributed by atoms with Crippen molar-refractivity contribution in [2.45, 2.75) is 61.3 Å². The first-order valence-electron chi connectivity index (χ1n) is 11.2. The van der Waals surface area contributed by atoms with Crippen molar-refractivity contribution in [3.8, 4) is 11.1 Å². The number of carbonyl (C=O) groups is 2. The average molecular weight is 425 g/mol. The molecule has 0 saturated heterocycles. The Balaban J connectivity index is 0.000000867. The Kier molecular flexibility index (Phi) is 13.6. The van der Waals surface area contributed by atoms with Crippen LogP contribution >= 0.6 is 0 Å². The predicted octanol–water partition coefficient (Wildman–Crippen LogP) is 6.65. The van der Waals surface area contributed by atoms with Crippen LogP contribution in [0.4, 0.5) is 5.69 Å². The van der Waals surface area contributed by atoms with Crippen molar-refractivity contribution in [3.63, 3.8) is 0 Å². The molecule has 1 aliphatic heterocycles. The van der Waals surface area contributed by atoms with Gasteiger partial charge in [0.1, 0.15) is 0 Å². The summed E-state index contributed by atoms with van der Waals surface area (Å²) in [6, 6.07) is 13.9. The molecule has 1 heterocycles. The van der Waals surface area contributed by atoms with Gasteiger partial charge >= 0.3 is 0 Å². The Hall–Kier alpha value is -2.88. The molecular formula is C27H40N2O2. The second kappa shape index (κ2) is 15.0. The van der Waals surface area contributed by atoms with E-state index in [2.05, 4.69) is 18.0 Å². The minimum atomic E-state index is 0.0779. The molecule has 0 bridgehead atoms. The summed E-state index contributed by atoms with van der Waals surface area (Å²) in [5.41, 5.74) is 6.19. The monoisotopic (exact) mass is 424 g/mol. The van der Waals surface area contributed by atoms with Crippen molar-refractivity contribution >= 4 is 17.4 Å². The highest BCUT2D eigenvalue weighted by Crippen LogP contribution is 2.31. The van der Waals surface area contributed by atoms with Gasteiger partial charge in [0, 0.05) is 31.8 Å². The first kappa shape index (κ1) is 28.1. The van der Waals surface area contributed by atoms with Gasteiger partial charge in [-0.2, -0.15) is 0 Å². The minimum absolute atomic E-state index is 0.0779. The molecule has 0 aromatic heterocycles. The zero-order valence-corrected chi connectivity index (χ0v) is 20.6. The SMILES string of the molecule is C=C(C)NC.CC.CC.CC(=O)c1ccc(-c2ccc3c(c2)CCCN3C(C)=O)cc1. The first-order valence-corrected chi connectivity index (χ1v) is 11.2. The van der Waals surface area contributed by atoms with Crippen LogP contribution in [0.5, 0.6) is 0 Å². The summed E-state index contributed by atoms with van der Waals surface area (Å²) in [6.45, 7) is 17.5. The van der Waals surface area contributed by atoms with Gasteiger partial charge in [-0.15, -0.1) is 0 Å². The van der Waals surface area contributed by atoms with Crippen LogP contribution in [0.3, 0.4) is 0 Å². The number of fused-ring (bicyclic) bond motifs is 1. The van der Waals surface area contributed by atoms with Gasteiger partial charge in [0.05, 0.1) is 0 Å². The normalized spacial score (nSPS) is 11.2. The summed E-state index contributed by atoms with van der Waals surface area (Å²) in [6.07, 6.45) is 2.00. The number of benzene rings is 2. The van der Waals surface area contributed by atoms with Crippen LogP contribution < -0.4 is 10.2 Å². The third-order valence-electron chi connectivity index (χ3n) is 4.63. The maximum Gasteiger partial charge on any atom is 0.223 e. The predicted molar refractivity (Wildman–Crippen MR) is 135 cm³/mol. The molecule has 0 spiro atoms. The highest BCUT2D eigenvalue weighted by Gasteiger charge is 2.20. The molecule has 4 nitrogen and oxygen atoms in total.